The Balaban J connectivity index is 0.00000112. The van der Waals surface area contributed by atoms with Crippen LogP contribution in [0.3, 0.4) is 0 Å². The number of benzene rings is 2. The third kappa shape index (κ3) is 4.22. The first-order valence-corrected chi connectivity index (χ1v) is 8.53. The molecular formula is C21H17Cl3N5V. The Kier molecular flexibility index (Phi) is 8.97. The van der Waals surface area contributed by atoms with Crippen LogP contribution in [-0.2, 0) is 32.7 Å². The SMILES string of the molecule is Cn1c(-c2cccc(-c3nc4ccccc4n3C)n2)nc2ccccc21.[Cl-].[Cl-].[Cl-].[V+3]. The van der Waals surface area contributed by atoms with Crippen molar-refractivity contribution < 1.29 is 55.8 Å². The van der Waals surface area contributed by atoms with Gasteiger partial charge in [-0.25, -0.2) is 15.0 Å². The summed E-state index contributed by atoms with van der Waals surface area (Å²) >= 11 is 0. The minimum atomic E-state index is 0. The number of halogens is 3. The third-order valence-corrected chi connectivity index (χ3v) is 4.78. The minimum absolute atomic E-state index is 0. The molecule has 0 atom stereocenters. The van der Waals surface area contributed by atoms with Crippen LogP contribution in [0.2, 0.25) is 0 Å². The number of para-hydroxylation sites is 4. The number of aromatic nitrogens is 5. The number of imidazole rings is 2. The van der Waals surface area contributed by atoms with Crippen molar-refractivity contribution in [3.63, 3.8) is 0 Å². The summed E-state index contributed by atoms with van der Waals surface area (Å²) in [5.74, 6) is 1.71. The van der Waals surface area contributed by atoms with Crippen LogP contribution in [0.25, 0.3) is 45.1 Å². The van der Waals surface area contributed by atoms with E-state index in [2.05, 4.69) is 21.3 Å². The molecule has 30 heavy (non-hydrogen) atoms. The molecule has 0 aliphatic rings. The van der Waals surface area contributed by atoms with Gasteiger partial charge in [0.05, 0.1) is 22.1 Å². The maximum Gasteiger partial charge on any atom is 3.00 e. The fourth-order valence-electron chi connectivity index (χ4n) is 3.43. The van der Waals surface area contributed by atoms with Gasteiger partial charge in [0.15, 0.2) is 11.6 Å². The Bertz CT molecular complexity index is 1190. The Morgan fingerprint density at radius 1 is 0.533 bits per heavy atom. The Hall–Kier alpha value is -2.02. The zero-order valence-corrected chi connectivity index (χ0v) is 19.8. The van der Waals surface area contributed by atoms with Crippen LogP contribution < -0.4 is 37.2 Å². The predicted molar refractivity (Wildman–Crippen MR) is 104 cm³/mol. The van der Waals surface area contributed by atoms with Crippen LogP contribution in [-0.4, -0.2) is 24.1 Å². The van der Waals surface area contributed by atoms with Crippen LogP contribution in [0.5, 0.6) is 0 Å². The Morgan fingerprint density at radius 3 is 1.33 bits per heavy atom. The van der Waals surface area contributed by atoms with Gasteiger partial charge in [-0.15, -0.1) is 0 Å². The van der Waals surface area contributed by atoms with E-state index in [0.717, 1.165) is 45.1 Å². The predicted octanol–water partition coefficient (Wildman–Crippen LogP) is -4.80. The van der Waals surface area contributed by atoms with E-state index in [0.29, 0.717) is 0 Å². The maximum absolute atomic E-state index is 4.86. The summed E-state index contributed by atoms with van der Waals surface area (Å²) in [5.41, 5.74) is 5.82. The minimum Gasteiger partial charge on any atom is -1.00 e. The van der Waals surface area contributed by atoms with Crippen molar-refractivity contribution in [2.24, 2.45) is 14.1 Å². The van der Waals surface area contributed by atoms with E-state index in [9.17, 15) is 0 Å². The second-order valence-corrected chi connectivity index (χ2v) is 6.37. The zero-order chi connectivity index (χ0) is 17.7. The summed E-state index contributed by atoms with van der Waals surface area (Å²) in [4.78, 5) is 14.4. The van der Waals surface area contributed by atoms with Crippen molar-refractivity contribution in [3.05, 3.63) is 66.7 Å². The topological polar surface area (TPSA) is 48.5 Å². The molecule has 0 amide bonds. The largest absolute Gasteiger partial charge is 3.00 e. The van der Waals surface area contributed by atoms with Gasteiger partial charge in [0.2, 0.25) is 0 Å². The molecule has 152 valence electrons. The molecule has 0 aliphatic carbocycles. The molecule has 0 saturated heterocycles. The van der Waals surface area contributed by atoms with Gasteiger partial charge in [-0.2, -0.15) is 0 Å². The number of fused-ring (bicyclic) bond motifs is 2. The summed E-state index contributed by atoms with van der Waals surface area (Å²) in [6.07, 6.45) is 0. The van der Waals surface area contributed by atoms with Gasteiger partial charge in [-0.1, -0.05) is 30.3 Å². The molecule has 0 unspecified atom stereocenters. The van der Waals surface area contributed by atoms with Crippen molar-refractivity contribution in [1.29, 1.82) is 0 Å². The second kappa shape index (κ2) is 10.3. The fraction of sp³-hybridized carbons (Fsp3) is 0.0952. The van der Waals surface area contributed by atoms with Crippen molar-refractivity contribution in [2.45, 2.75) is 0 Å². The summed E-state index contributed by atoms with van der Waals surface area (Å²) in [6, 6.07) is 22.2. The monoisotopic (exact) mass is 495 g/mol. The van der Waals surface area contributed by atoms with E-state index in [1.807, 2.05) is 68.7 Å². The van der Waals surface area contributed by atoms with Crippen LogP contribution in [0.1, 0.15) is 0 Å². The van der Waals surface area contributed by atoms with E-state index in [1.54, 1.807) is 0 Å². The molecule has 0 bridgehead atoms. The van der Waals surface area contributed by atoms with Gasteiger partial charge >= 0.3 is 18.6 Å². The molecule has 2 aromatic carbocycles. The number of aryl methyl sites for hydroxylation is 2. The van der Waals surface area contributed by atoms with Crippen molar-refractivity contribution in [2.75, 3.05) is 0 Å². The molecule has 0 N–H and O–H groups in total. The number of pyridine rings is 1. The summed E-state index contributed by atoms with van der Waals surface area (Å²) in [5, 5.41) is 0. The normalized spacial score (nSPS) is 9.93. The third-order valence-electron chi connectivity index (χ3n) is 4.78. The molecule has 0 radical (unpaired) electrons. The molecule has 0 aliphatic heterocycles. The molecule has 3 aromatic heterocycles. The molecule has 0 spiro atoms. The van der Waals surface area contributed by atoms with E-state index in [4.69, 9.17) is 15.0 Å². The standard InChI is InChI=1S/C21H17N5.3ClH.V/c1-25-18-12-5-3-8-14(18)23-20(25)16-10-7-11-17(22-16)21-24-15-9-4-6-13-19(15)26(21)2;;;;/h3-13H,1-2H3;3*1H;/q;;;;+3/p-3. The molecule has 9 heteroatoms. The zero-order valence-electron chi connectivity index (χ0n) is 16.2. The average molecular weight is 497 g/mol. The summed E-state index contributed by atoms with van der Waals surface area (Å²) in [7, 11) is 4.04. The van der Waals surface area contributed by atoms with Crippen molar-refractivity contribution in [3.8, 4) is 23.0 Å². The van der Waals surface area contributed by atoms with Crippen LogP contribution in [0.15, 0.2) is 66.7 Å². The fourth-order valence-corrected chi connectivity index (χ4v) is 3.43. The van der Waals surface area contributed by atoms with Gasteiger partial charge in [0, 0.05) is 14.1 Å². The van der Waals surface area contributed by atoms with E-state index >= 15 is 0 Å². The molecule has 5 aromatic rings. The van der Waals surface area contributed by atoms with Gasteiger partial charge in [0.1, 0.15) is 11.4 Å². The quantitative estimate of drug-likeness (QED) is 0.247. The van der Waals surface area contributed by atoms with Gasteiger partial charge in [-0.3, -0.25) is 0 Å². The number of hydrogen-bond donors (Lipinski definition) is 0. The first-order valence-electron chi connectivity index (χ1n) is 8.53. The van der Waals surface area contributed by atoms with Crippen molar-refractivity contribution >= 4 is 22.1 Å². The van der Waals surface area contributed by atoms with Crippen LogP contribution >= 0.6 is 0 Å². The molecular weight excluding hydrogens is 480 g/mol. The number of hydrogen-bond acceptors (Lipinski definition) is 3. The molecule has 5 nitrogen and oxygen atoms in total. The number of nitrogens with zero attached hydrogens (tertiary/aromatic N) is 5. The van der Waals surface area contributed by atoms with E-state index in [1.165, 1.54) is 0 Å². The van der Waals surface area contributed by atoms with Gasteiger partial charge in [-0.05, 0) is 36.4 Å². The number of rotatable bonds is 2. The summed E-state index contributed by atoms with van der Waals surface area (Å²) in [6.45, 7) is 0. The Labute approximate surface area is 205 Å². The summed E-state index contributed by atoms with van der Waals surface area (Å²) < 4.78 is 4.16. The van der Waals surface area contributed by atoms with Crippen molar-refractivity contribution in [1.82, 2.24) is 24.1 Å². The molecule has 0 fully saturated rings. The first-order chi connectivity index (χ1) is 12.7. The molecule has 3 heterocycles. The molecule has 0 saturated carbocycles. The average Bonchev–Trinajstić information content (AvgIpc) is 3.20. The van der Waals surface area contributed by atoms with Gasteiger partial charge in [0.25, 0.3) is 0 Å². The van der Waals surface area contributed by atoms with Crippen LogP contribution in [0.4, 0.5) is 0 Å². The van der Waals surface area contributed by atoms with E-state index in [-0.39, 0.29) is 55.8 Å². The second-order valence-electron chi connectivity index (χ2n) is 6.37. The smallest absolute Gasteiger partial charge is 1.00 e. The Morgan fingerprint density at radius 2 is 0.933 bits per heavy atom. The van der Waals surface area contributed by atoms with Gasteiger partial charge < -0.3 is 46.4 Å². The maximum atomic E-state index is 4.86. The van der Waals surface area contributed by atoms with E-state index < -0.39 is 0 Å². The molecule has 5 rings (SSSR count). The first kappa shape index (κ1) is 26.0. The van der Waals surface area contributed by atoms with Crippen LogP contribution in [0, 0.1) is 0 Å².